The van der Waals surface area contributed by atoms with Crippen LogP contribution >= 0.6 is 0 Å². The van der Waals surface area contributed by atoms with Crippen LogP contribution in [-0.4, -0.2) is 56.6 Å². The number of para-hydroxylation sites is 1. The summed E-state index contributed by atoms with van der Waals surface area (Å²) in [6.45, 7) is 4.69. The van der Waals surface area contributed by atoms with Crippen LogP contribution < -0.4 is 15.5 Å². The molecule has 0 spiro atoms. The van der Waals surface area contributed by atoms with Crippen molar-refractivity contribution in [3.63, 3.8) is 0 Å². The van der Waals surface area contributed by atoms with Crippen molar-refractivity contribution in [1.82, 2.24) is 4.90 Å². The summed E-state index contributed by atoms with van der Waals surface area (Å²) in [5.74, 6) is -0.135. The predicted molar refractivity (Wildman–Crippen MR) is 139 cm³/mol. The van der Waals surface area contributed by atoms with E-state index in [2.05, 4.69) is 15.5 Å². The first-order valence-electron chi connectivity index (χ1n) is 11.8. The minimum atomic E-state index is -0.135. The van der Waals surface area contributed by atoms with Gasteiger partial charge in [-0.25, -0.2) is 0 Å². The van der Waals surface area contributed by atoms with Crippen molar-refractivity contribution in [2.45, 2.75) is 0 Å². The maximum atomic E-state index is 13.0. The molecule has 0 radical (unpaired) electrons. The molecule has 5 rings (SSSR count). The molecule has 1 saturated heterocycles. The van der Waals surface area contributed by atoms with Crippen LogP contribution in [0.2, 0.25) is 0 Å². The van der Waals surface area contributed by atoms with Crippen molar-refractivity contribution in [3.05, 3.63) is 90.0 Å². The van der Waals surface area contributed by atoms with E-state index in [1.807, 2.05) is 78.9 Å². The van der Waals surface area contributed by atoms with Gasteiger partial charge >= 0.3 is 0 Å². The SMILES string of the molecule is O=CN(CCN1CCOCC1)c1ccc(NC(=C2C(=O)Nc3ccccc32)c2ccccc2)cc1. The molecule has 0 aliphatic carbocycles. The van der Waals surface area contributed by atoms with Crippen molar-refractivity contribution >= 4 is 40.6 Å². The Morgan fingerprint density at radius 3 is 2.43 bits per heavy atom. The minimum Gasteiger partial charge on any atom is -0.379 e. The van der Waals surface area contributed by atoms with Crippen molar-refractivity contribution in [3.8, 4) is 0 Å². The molecule has 2 aliphatic rings. The summed E-state index contributed by atoms with van der Waals surface area (Å²) >= 11 is 0. The molecule has 0 unspecified atom stereocenters. The smallest absolute Gasteiger partial charge is 0.258 e. The monoisotopic (exact) mass is 468 g/mol. The highest BCUT2D eigenvalue weighted by Gasteiger charge is 2.28. The topological polar surface area (TPSA) is 73.9 Å². The molecular formula is C28H28N4O3. The van der Waals surface area contributed by atoms with Crippen molar-refractivity contribution in [2.75, 3.05) is 54.9 Å². The van der Waals surface area contributed by atoms with Crippen LogP contribution in [0.15, 0.2) is 78.9 Å². The van der Waals surface area contributed by atoms with Crippen LogP contribution in [-0.2, 0) is 14.3 Å². The summed E-state index contributed by atoms with van der Waals surface area (Å²) in [6.07, 6.45) is 0.875. The lowest BCUT2D eigenvalue weighted by Gasteiger charge is -2.28. The summed E-state index contributed by atoms with van der Waals surface area (Å²) in [4.78, 5) is 28.7. The van der Waals surface area contributed by atoms with Gasteiger partial charge in [0.1, 0.15) is 0 Å². The third kappa shape index (κ3) is 5.11. The molecule has 7 nitrogen and oxygen atoms in total. The number of fused-ring (bicyclic) bond motifs is 1. The van der Waals surface area contributed by atoms with Gasteiger partial charge in [-0.15, -0.1) is 0 Å². The first-order valence-corrected chi connectivity index (χ1v) is 11.8. The molecule has 3 aromatic rings. The van der Waals surface area contributed by atoms with Gasteiger partial charge in [-0.3, -0.25) is 14.5 Å². The molecular weight excluding hydrogens is 440 g/mol. The Morgan fingerprint density at radius 1 is 0.971 bits per heavy atom. The average Bonchev–Trinajstić information content (AvgIpc) is 3.25. The fraction of sp³-hybridized carbons (Fsp3) is 0.214. The number of benzene rings is 3. The van der Waals surface area contributed by atoms with E-state index in [4.69, 9.17) is 4.74 Å². The van der Waals surface area contributed by atoms with E-state index in [0.29, 0.717) is 12.1 Å². The lowest BCUT2D eigenvalue weighted by Crippen LogP contribution is -2.41. The zero-order chi connectivity index (χ0) is 24.0. The molecule has 0 aromatic heterocycles. The standard InChI is InChI=1S/C28H28N4O3/c33-20-32(15-14-31-16-18-35-19-17-31)23-12-10-22(11-13-23)29-27(21-6-2-1-3-7-21)26-24-8-4-5-9-25(24)30-28(26)34/h1-13,20,29H,14-19H2,(H,30,34). The zero-order valence-electron chi connectivity index (χ0n) is 19.4. The van der Waals surface area contributed by atoms with E-state index in [1.54, 1.807) is 4.90 Å². The Labute approximate surface area is 205 Å². The van der Waals surface area contributed by atoms with Crippen LogP contribution in [0.3, 0.4) is 0 Å². The van der Waals surface area contributed by atoms with Crippen LogP contribution in [0.1, 0.15) is 11.1 Å². The first kappa shape index (κ1) is 22.8. The number of carbonyl (C=O) groups excluding carboxylic acids is 2. The van der Waals surface area contributed by atoms with E-state index >= 15 is 0 Å². The number of ether oxygens (including phenoxy) is 1. The number of rotatable bonds is 8. The van der Waals surface area contributed by atoms with Crippen LogP contribution in [0, 0.1) is 0 Å². The second-order valence-electron chi connectivity index (χ2n) is 8.54. The highest BCUT2D eigenvalue weighted by Crippen LogP contribution is 2.37. The lowest BCUT2D eigenvalue weighted by atomic mass is 10.00. The Balaban J connectivity index is 1.39. The number of nitrogens with zero attached hydrogens (tertiary/aromatic N) is 2. The van der Waals surface area contributed by atoms with Gasteiger partial charge in [-0.1, -0.05) is 48.5 Å². The lowest BCUT2D eigenvalue weighted by molar-refractivity contribution is -0.111. The third-order valence-electron chi connectivity index (χ3n) is 6.34. The number of anilines is 3. The van der Waals surface area contributed by atoms with E-state index in [1.165, 1.54) is 0 Å². The van der Waals surface area contributed by atoms with Gasteiger partial charge in [0.15, 0.2) is 0 Å². The Hall–Kier alpha value is -3.94. The molecule has 178 valence electrons. The number of hydrogen-bond donors (Lipinski definition) is 2. The largest absolute Gasteiger partial charge is 0.379 e. The minimum absolute atomic E-state index is 0.135. The normalized spacial score (nSPS) is 16.9. The maximum absolute atomic E-state index is 13.0. The number of amides is 2. The summed E-state index contributed by atoms with van der Waals surface area (Å²) in [5.41, 5.74) is 5.60. The van der Waals surface area contributed by atoms with Crippen molar-refractivity contribution in [2.24, 2.45) is 0 Å². The van der Waals surface area contributed by atoms with Gasteiger partial charge in [-0.05, 0) is 35.9 Å². The molecule has 35 heavy (non-hydrogen) atoms. The summed E-state index contributed by atoms with van der Waals surface area (Å²) < 4.78 is 5.40. The molecule has 0 bridgehead atoms. The average molecular weight is 469 g/mol. The highest BCUT2D eigenvalue weighted by molar-refractivity contribution is 6.37. The Kier molecular flexibility index (Phi) is 6.88. The summed E-state index contributed by atoms with van der Waals surface area (Å²) in [5, 5.41) is 6.43. The maximum Gasteiger partial charge on any atom is 0.258 e. The van der Waals surface area contributed by atoms with E-state index in [9.17, 15) is 9.59 Å². The van der Waals surface area contributed by atoms with E-state index in [0.717, 1.165) is 73.1 Å². The number of hydrogen-bond acceptors (Lipinski definition) is 5. The third-order valence-corrected chi connectivity index (χ3v) is 6.34. The van der Waals surface area contributed by atoms with Crippen LogP contribution in [0.4, 0.5) is 17.1 Å². The van der Waals surface area contributed by atoms with Gasteiger partial charge in [0.2, 0.25) is 6.41 Å². The predicted octanol–water partition coefficient (Wildman–Crippen LogP) is 3.91. The molecule has 0 saturated carbocycles. The van der Waals surface area contributed by atoms with E-state index in [-0.39, 0.29) is 5.91 Å². The molecule has 3 aromatic carbocycles. The molecule has 7 heteroatoms. The number of carbonyl (C=O) groups is 2. The van der Waals surface area contributed by atoms with Gasteiger partial charge in [0, 0.05) is 48.8 Å². The highest BCUT2D eigenvalue weighted by atomic mass is 16.5. The second kappa shape index (κ2) is 10.5. The molecule has 2 amide bonds. The molecule has 2 N–H and O–H groups in total. The van der Waals surface area contributed by atoms with Crippen LogP contribution in [0.25, 0.3) is 11.3 Å². The van der Waals surface area contributed by atoms with Gasteiger partial charge in [-0.2, -0.15) is 0 Å². The second-order valence-corrected chi connectivity index (χ2v) is 8.54. The number of morpholine rings is 1. The van der Waals surface area contributed by atoms with Crippen molar-refractivity contribution in [1.29, 1.82) is 0 Å². The molecule has 2 heterocycles. The van der Waals surface area contributed by atoms with Gasteiger partial charge < -0.3 is 20.3 Å². The quantitative estimate of drug-likeness (QED) is 0.387. The molecule has 1 fully saturated rings. The fourth-order valence-electron chi connectivity index (χ4n) is 4.45. The van der Waals surface area contributed by atoms with Gasteiger partial charge in [0.25, 0.3) is 5.91 Å². The fourth-order valence-corrected chi connectivity index (χ4v) is 4.45. The number of nitrogens with one attached hydrogen (secondary N) is 2. The van der Waals surface area contributed by atoms with Crippen LogP contribution in [0.5, 0.6) is 0 Å². The summed E-state index contributed by atoms with van der Waals surface area (Å²) in [7, 11) is 0. The first-order chi connectivity index (χ1) is 17.2. The Bertz CT molecular complexity index is 1220. The van der Waals surface area contributed by atoms with E-state index < -0.39 is 0 Å². The van der Waals surface area contributed by atoms with Crippen molar-refractivity contribution < 1.29 is 14.3 Å². The zero-order valence-corrected chi connectivity index (χ0v) is 19.4. The molecule has 2 aliphatic heterocycles. The molecule has 0 atom stereocenters. The Morgan fingerprint density at radius 2 is 1.69 bits per heavy atom. The summed E-state index contributed by atoms with van der Waals surface area (Å²) in [6, 6.07) is 25.2. The van der Waals surface area contributed by atoms with Gasteiger partial charge in [0.05, 0.1) is 24.5 Å².